The van der Waals surface area contributed by atoms with E-state index in [1.54, 1.807) is 0 Å². The first-order valence-corrected chi connectivity index (χ1v) is 9.68. The highest BCUT2D eigenvalue weighted by Crippen LogP contribution is 2.60. The fraction of sp³-hybridized carbons (Fsp3) is 1.00. The van der Waals surface area contributed by atoms with Crippen molar-refractivity contribution in [2.45, 2.75) is 62.1 Å². The maximum absolute atomic E-state index is 13.6. The molecule has 0 unspecified atom stereocenters. The van der Waals surface area contributed by atoms with Gasteiger partial charge in [0.2, 0.25) is 0 Å². The zero-order chi connectivity index (χ0) is 25.0. The summed E-state index contributed by atoms with van der Waals surface area (Å²) < 4.78 is 182. The van der Waals surface area contributed by atoms with Gasteiger partial charge < -0.3 is 13.3 Å². The second-order valence-corrected chi connectivity index (χ2v) is 8.39. The van der Waals surface area contributed by atoms with E-state index in [1.165, 1.54) is 0 Å². The summed E-state index contributed by atoms with van der Waals surface area (Å²) in [5, 5.41) is 0. The lowest BCUT2D eigenvalue weighted by atomic mass is 9.93. The minimum Gasteiger partial charge on any atom is -0.377 e. The lowest BCUT2D eigenvalue weighted by Crippen LogP contribution is -2.70. The Hall–Kier alpha value is -0.813. The third-order valence-corrected chi connectivity index (χ3v) is 6.40. The minimum atomic E-state index is -7.91. The molecule has 30 heavy (non-hydrogen) atoms. The van der Waals surface area contributed by atoms with Crippen LogP contribution in [-0.4, -0.2) is 65.9 Å². The Labute approximate surface area is 163 Å². The molecule has 0 rings (SSSR count). The van der Waals surface area contributed by atoms with Gasteiger partial charge in [-0.05, 0) is 0 Å². The van der Waals surface area contributed by atoms with Crippen LogP contribution >= 0.6 is 0 Å². The Kier molecular flexibility index (Phi) is 10.2. The molecule has 0 aliphatic carbocycles. The van der Waals surface area contributed by atoms with E-state index in [0.29, 0.717) is 0 Å². The molecule has 0 aliphatic rings. The average Bonchev–Trinajstić information content (AvgIpc) is 2.63. The summed E-state index contributed by atoms with van der Waals surface area (Å²) in [5.41, 5.74) is 0. The van der Waals surface area contributed by atoms with Crippen LogP contribution in [0, 0.1) is 0 Å². The quantitative estimate of drug-likeness (QED) is 0.273. The Balaban J connectivity index is 0. The molecule has 0 radical (unpaired) electrons. The van der Waals surface area contributed by atoms with E-state index in [0.717, 1.165) is 21.3 Å². The van der Waals surface area contributed by atoms with Crippen molar-refractivity contribution in [1.82, 2.24) is 0 Å². The zero-order valence-electron chi connectivity index (χ0n) is 16.1. The smallest absolute Gasteiger partial charge is 0.377 e. The second kappa shape index (κ2) is 9.77. The average molecular weight is 498 g/mol. The molecule has 0 spiro atoms. The summed E-state index contributed by atoms with van der Waals surface area (Å²) in [6.45, 7) is 4.00. The highest BCUT2D eigenvalue weighted by molar-refractivity contribution is 6.60. The number of hydrogen-bond donors (Lipinski definition) is 0. The monoisotopic (exact) mass is 498 g/mol. The van der Waals surface area contributed by atoms with Gasteiger partial charge in [-0.25, -0.2) is 0 Å². The highest BCUT2D eigenvalue weighted by Gasteiger charge is 2.90. The molecule has 17 heteroatoms. The van der Waals surface area contributed by atoms with Crippen molar-refractivity contribution in [2.75, 3.05) is 21.3 Å². The molecule has 0 fully saturated rings. The second-order valence-electron chi connectivity index (χ2n) is 5.30. The third kappa shape index (κ3) is 5.15. The minimum absolute atomic E-state index is 0.780. The van der Waals surface area contributed by atoms with Gasteiger partial charge in [-0.1, -0.05) is 13.8 Å². The van der Waals surface area contributed by atoms with E-state index >= 15 is 0 Å². The Bertz CT molecular complexity index is 525. The number of rotatable bonds is 10. The normalized spacial score (nSPS) is 15.0. The van der Waals surface area contributed by atoms with Crippen LogP contribution in [0.1, 0.15) is 20.3 Å². The van der Waals surface area contributed by atoms with Crippen molar-refractivity contribution in [3.8, 4) is 0 Å². The number of halogens is 13. The Morgan fingerprint density at radius 1 is 0.533 bits per heavy atom. The van der Waals surface area contributed by atoms with Crippen LogP contribution in [0.15, 0.2) is 0 Å². The molecule has 0 saturated carbocycles. The highest BCUT2D eigenvalue weighted by atomic mass is 28.4. The zero-order valence-corrected chi connectivity index (χ0v) is 17.1. The van der Waals surface area contributed by atoms with Crippen molar-refractivity contribution < 1.29 is 70.4 Å². The molecule has 0 amide bonds. The maximum atomic E-state index is 13.6. The fourth-order valence-corrected chi connectivity index (χ4v) is 3.56. The summed E-state index contributed by atoms with van der Waals surface area (Å²) in [6, 6.07) is -1.39. The van der Waals surface area contributed by atoms with Gasteiger partial charge in [-0.3, -0.25) is 0 Å². The molecular formula is C13H19F13O3Si. The summed E-state index contributed by atoms with van der Waals surface area (Å²) >= 11 is 0. The standard InChI is InChI=1S/C11H13F13O3Si.C2H6/c1-25-28(26-2,27-3)5-4-6(12,13)7(14,15)8(16,17)9(18,19)10(20,21)11(22,23)24;1-2/h4-5H2,1-3H3;1-2H3. The van der Waals surface area contributed by atoms with Gasteiger partial charge in [-0.2, -0.15) is 57.1 Å². The number of alkyl halides is 13. The summed E-state index contributed by atoms with van der Waals surface area (Å²) in [7, 11) is -1.81. The topological polar surface area (TPSA) is 27.7 Å². The molecule has 0 atom stereocenters. The van der Waals surface area contributed by atoms with Gasteiger partial charge >= 0.3 is 44.6 Å². The Morgan fingerprint density at radius 3 is 1.10 bits per heavy atom. The van der Waals surface area contributed by atoms with Gasteiger partial charge in [-0.15, -0.1) is 0 Å². The summed E-state index contributed by atoms with van der Waals surface area (Å²) in [6.07, 6.45) is -9.86. The molecule has 0 bridgehead atoms. The first-order chi connectivity index (χ1) is 13.1. The van der Waals surface area contributed by atoms with Crippen LogP contribution in [0.2, 0.25) is 6.04 Å². The van der Waals surface area contributed by atoms with Gasteiger partial charge in [0.25, 0.3) is 0 Å². The van der Waals surface area contributed by atoms with Crippen molar-refractivity contribution >= 4 is 8.80 Å². The van der Waals surface area contributed by atoms with E-state index in [1.807, 2.05) is 13.8 Å². The first kappa shape index (κ1) is 31.4. The molecule has 0 aromatic heterocycles. The van der Waals surface area contributed by atoms with E-state index in [9.17, 15) is 57.1 Å². The summed E-state index contributed by atoms with van der Waals surface area (Å²) in [4.78, 5) is 0. The van der Waals surface area contributed by atoms with E-state index < -0.39 is 57.1 Å². The predicted molar refractivity (Wildman–Crippen MR) is 78.3 cm³/mol. The fourth-order valence-electron chi connectivity index (χ4n) is 1.83. The lowest BCUT2D eigenvalue weighted by Gasteiger charge is -2.40. The van der Waals surface area contributed by atoms with Crippen LogP contribution in [-0.2, 0) is 13.3 Å². The van der Waals surface area contributed by atoms with Crippen LogP contribution in [0.3, 0.4) is 0 Å². The molecule has 0 heterocycles. The van der Waals surface area contributed by atoms with Crippen molar-refractivity contribution in [3.63, 3.8) is 0 Å². The largest absolute Gasteiger partial charge is 0.500 e. The van der Waals surface area contributed by atoms with E-state index in [-0.39, 0.29) is 0 Å². The molecule has 0 saturated heterocycles. The van der Waals surface area contributed by atoms with Gasteiger partial charge in [0.05, 0.1) is 0 Å². The van der Waals surface area contributed by atoms with Crippen LogP contribution < -0.4 is 0 Å². The van der Waals surface area contributed by atoms with Crippen LogP contribution in [0.4, 0.5) is 57.1 Å². The molecule has 184 valence electrons. The molecule has 3 nitrogen and oxygen atoms in total. The predicted octanol–water partition coefficient (Wildman–Crippen LogP) is 6.02. The van der Waals surface area contributed by atoms with Crippen molar-refractivity contribution in [3.05, 3.63) is 0 Å². The third-order valence-electron chi connectivity index (χ3n) is 3.68. The summed E-state index contributed by atoms with van der Waals surface area (Å²) in [5.74, 6) is -37.0. The van der Waals surface area contributed by atoms with Crippen molar-refractivity contribution in [1.29, 1.82) is 0 Å². The molecule has 0 aromatic rings. The molecular weight excluding hydrogens is 479 g/mol. The first-order valence-electron chi connectivity index (χ1n) is 7.75. The van der Waals surface area contributed by atoms with Crippen molar-refractivity contribution in [2.24, 2.45) is 0 Å². The molecule has 0 aliphatic heterocycles. The van der Waals surface area contributed by atoms with E-state index in [4.69, 9.17) is 0 Å². The number of hydrogen-bond acceptors (Lipinski definition) is 3. The Morgan fingerprint density at radius 2 is 0.833 bits per heavy atom. The molecule has 0 N–H and O–H groups in total. The van der Waals surface area contributed by atoms with Crippen LogP contribution in [0.5, 0.6) is 0 Å². The molecule has 0 aromatic carbocycles. The van der Waals surface area contributed by atoms with Crippen LogP contribution in [0.25, 0.3) is 0 Å². The van der Waals surface area contributed by atoms with Gasteiger partial charge in [0.1, 0.15) is 0 Å². The SMILES string of the molecule is CC.CO[Si](CCC(F)(F)C(F)(F)C(F)(F)C(F)(F)C(F)(F)C(F)(F)F)(OC)OC. The van der Waals surface area contributed by atoms with Gasteiger partial charge in [0.15, 0.2) is 0 Å². The maximum Gasteiger partial charge on any atom is 0.500 e. The van der Waals surface area contributed by atoms with E-state index in [2.05, 4.69) is 13.3 Å². The lowest BCUT2D eigenvalue weighted by molar-refractivity contribution is -0.440. The van der Waals surface area contributed by atoms with Gasteiger partial charge in [0, 0.05) is 33.8 Å².